The van der Waals surface area contributed by atoms with Gasteiger partial charge in [0, 0.05) is 0 Å². The topological polar surface area (TPSA) is 87.0 Å². The van der Waals surface area contributed by atoms with Gasteiger partial charge in [0.15, 0.2) is 6.35 Å². The molecule has 0 aliphatic heterocycles. The average molecular weight is 356 g/mol. The summed E-state index contributed by atoms with van der Waals surface area (Å²) in [6, 6.07) is 7.01. The molecule has 0 saturated carbocycles. The van der Waals surface area contributed by atoms with Crippen molar-refractivity contribution in [3.05, 3.63) is 35.9 Å². The van der Waals surface area contributed by atoms with Crippen LogP contribution in [0.1, 0.15) is 45.6 Å². The van der Waals surface area contributed by atoms with Gasteiger partial charge in [-0.15, -0.1) is 0 Å². The first-order valence-corrected chi connectivity index (χ1v) is 10.2. The summed E-state index contributed by atoms with van der Waals surface area (Å²) in [5, 5.41) is 10.3. The van der Waals surface area contributed by atoms with E-state index < -0.39 is 13.9 Å². The van der Waals surface area contributed by atoms with Crippen molar-refractivity contribution < 1.29 is 24.2 Å². The van der Waals surface area contributed by atoms with Gasteiger partial charge in [-0.05, 0) is 36.0 Å². The molecule has 3 N–H and O–H groups in total. The highest BCUT2D eigenvalue weighted by atomic mass is 31.2. The van der Waals surface area contributed by atoms with Gasteiger partial charge in [-0.3, -0.25) is 4.57 Å². The quantitative estimate of drug-likeness (QED) is 0.551. The van der Waals surface area contributed by atoms with E-state index in [1.807, 2.05) is 24.3 Å². The third-order valence-corrected chi connectivity index (χ3v) is 4.68. The largest absolute Gasteiger partial charge is 0.481 e. The SMILES string of the molecule is CCC(CC)[C@H](O)[C@H](C)C/C=C/c1ccc(OCP(=O)(O)O)cc1. The summed E-state index contributed by atoms with van der Waals surface area (Å²) >= 11 is 0. The van der Waals surface area contributed by atoms with Crippen LogP contribution < -0.4 is 4.74 Å². The molecule has 6 heteroatoms. The van der Waals surface area contributed by atoms with Crippen LogP contribution in [0.5, 0.6) is 5.75 Å². The van der Waals surface area contributed by atoms with Crippen LogP contribution >= 0.6 is 7.60 Å². The Morgan fingerprint density at radius 2 is 1.75 bits per heavy atom. The molecule has 0 amide bonds. The molecule has 2 atom stereocenters. The molecule has 1 rings (SSSR count). The van der Waals surface area contributed by atoms with Crippen LogP contribution in [0.4, 0.5) is 0 Å². The van der Waals surface area contributed by atoms with Crippen molar-refractivity contribution in [2.45, 2.75) is 46.1 Å². The van der Waals surface area contributed by atoms with Crippen LogP contribution in [0.25, 0.3) is 6.08 Å². The molecule has 24 heavy (non-hydrogen) atoms. The predicted molar refractivity (Wildman–Crippen MR) is 96.9 cm³/mol. The second-order valence-electron chi connectivity index (χ2n) is 6.19. The maximum atomic E-state index is 10.8. The van der Waals surface area contributed by atoms with E-state index in [2.05, 4.69) is 20.8 Å². The molecule has 136 valence electrons. The van der Waals surface area contributed by atoms with Crippen LogP contribution in [0, 0.1) is 11.8 Å². The number of hydrogen-bond acceptors (Lipinski definition) is 3. The molecule has 0 aliphatic rings. The van der Waals surface area contributed by atoms with Crippen molar-refractivity contribution in [1.29, 1.82) is 0 Å². The molecular weight excluding hydrogens is 327 g/mol. The molecule has 0 saturated heterocycles. The Balaban J connectivity index is 2.51. The monoisotopic (exact) mass is 356 g/mol. The Morgan fingerprint density at radius 3 is 2.25 bits per heavy atom. The molecule has 0 aromatic heterocycles. The summed E-state index contributed by atoms with van der Waals surface area (Å²) in [7, 11) is -4.15. The summed E-state index contributed by atoms with van der Waals surface area (Å²) in [5.41, 5.74) is 0.975. The Hall–Kier alpha value is -1.13. The molecule has 0 heterocycles. The van der Waals surface area contributed by atoms with Gasteiger partial charge in [-0.25, -0.2) is 0 Å². The van der Waals surface area contributed by atoms with Crippen LogP contribution in [0.2, 0.25) is 0 Å². The lowest BCUT2D eigenvalue weighted by Gasteiger charge is -2.25. The third-order valence-electron chi connectivity index (χ3n) is 4.21. The molecule has 0 fully saturated rings. The Bertz CT molecular complexity index is 545. The van der Waals surface area contributed by atoms with Crippen LogP contribution in [-0.2, 0) is 4.57 Å². The van der Waals surface area contributed by atoms with Crippen molar-refractivity contribution >= 4 is 13.7 Å². The minimum absolute atomic E-state index is 0.206. The molecule has 1 aromatic carbocycles. The molecule has 0 unspecified atom stereocenters. The van der Waals surface area contributed by atoms with Gasteiger partial charge in [0.25, 0.3) is 0 Å². The number of allylic oxidation sites excluding steroid dienone is 1. The fourth-order valence-corrected chi connectivity index (χ4v) is 2.95. The van der Waals surface area contributed by atoms with E-state index in [1.165, 1.54) is 0 Å². The summed E-state index contributed by atoms with van der Waals surface area (Å²) in [6.07, 6.45) is 5.89. The zero-order valence-electron chi connectivity index (χ0n) is 14.6. The van der Waals surface area contributed by atoms with Crippen molar-refractivity contribution in [1.82, 2.24) is 0 Å². The van der Waals surface area contributed by atoms with Gasteiger partial charge in [0.2, 0.25) is 0 Å². The number of aliphatic hydroxyl groups is 1. The second-order valence-corrected chi connectivity index (χ2v) is 7.78. The number of aliphatic hydroxyl groups excluding tert-OH is 1. The van der Waals surface area contributed by atoms with Crippen LogP contribution in [0.15, 0.2) is 30.3 Å². The second kappa shape index (κ2) is 10.00. The van der Waals surface area contributed by atoms with E-state index in [4.69, 9.17) is 14.5 Å². The first-order chi connectivity index (χ1) is 11.3. The maximum Gasteiger partial charge on any atom is 0.362 e. The molecule has 0 aliphatic carbocycles. The minimum atomic E-state index is -4.15. The molecule has 1 aromatic rings. The van der Waals surface area contributed by atoms with Gasteiger partial charge < -0.3 is 19.6 Å². The van der Waals surface area contributed by atoms with E-state index in [9.17, 15) is 9.67 Å². The predicted octanol–water partition coefficient (Wildman–Crippen LogP) is 4.04. The summed E-state index contributed by atoms with van der Waals surface area (Å²) in [4.78, 5) is 17.6. The highest BCUT2D eigenvalue weighted by molar-refractivity contribution is 7.51. The van der Waals surface area contributed by atoms with E-state index >= 15 is 0 Å². The smallest absolute Gasteiger partial charge is 0.362 e. The number of hydrogen-bond donors (Lipinski definition) is 3. The molecule has 5 nitrogen and oxygen atoms in total. The van der Waals surface area contributed by atoms with E-state index in [1.54, 1.807) is 12.1 Å². The van der Waals surface area contributed by atoms with Crippen molar-refractivity contribution in [2.75, 3.05) is 6.35 Å². The normalized spacial score (nSPS) is 15.0. The number of ether oxygens (including phenoxy) is 1. The molecule has 0 spiro atoms. The van der Waals surface area contributed by atoms with Crippen molar-refractivity contribution in [2.24, 2.45) is 11.8 Å². The lowest BCUT2D eigenvalue weighted by Crippen LogP contribution is -2.26. The molecule has 0 bridgehead atoms. The van der Waals surface area contributed by atoms with Gasteiger partial charge in [0.1, 0.15) is 5.75 Å². The number of benzene rings is 1. The van der Waals surface area contributed by atoms with Gasteiger partial charge >= 0.3 is 7.60 Å². The highest BCUT2D eigenvalue weighted by Crippen LogP contribution is 2.34. The number of rotatable bonds is 10. The van der Waals surface area contributed by atoms with E-state index in [0.29, 0.717) is 11.7 Å². The standard InChI is InChI=1S/C18H29O5P/c1-4-16(5-2)18(19)14(3)7-6-8-15-9-11-17(12-10-15)23-13-24(20,21)22/h6,8-12,14,16,18-19H,4-5,7,13H2,1-3H3,(H2,20,21,22)/b8-6+/t14-,18-/m1/s1. The summed E-state index contributed by atoms with van der Waals surface area (Å²) in [6.45, 7) is 6.28. The van der Waals surface area contributed by atoms with Crippen molar-refractivity contribution in [3.63, 3.8) is 0 Å². The highest BCUT2D eigenvalue weighted by Gasteiger charge is 2.20. The average Bonchev–Trinajstić information content (AvgIpc) is 2.54. The lowest BCUT2D eigenvalue weighted by molar-refractivity contribution is 0.0547. The first-order valence-electron chi connectivity index (χ1n) is 8.38. The minimum Gasteiger partial charge on any atom is -0.481 e. The van der Waals surface area contributed by atoms with Crippen molar-refractivity contribution in [3.8, 4) is 5.75 Å². The van der Waals surface area contributed by atoms with Gasteiger partial charge in [-0.2, -0.15) is 0 Å². The molecule has 0 radical (unpaired) electrons. The Morgan fingerprint density at radius 1 is 1.17 bits per heavy atom. The van der Waals surface area contributed by atoms with Crippen LogP contribution in [-0.4, -0.2) is 27.3 Å². The zero-order valence-corrected chi connectivity index (χ0v) is 15.5. The Labute approximate surface area is 144 Å². The fraction of sp³-hybridized carbons (Fsp3) is 0.556. The van der Waals surface area contributed by atoms with E-state index in [0.717, 1.165) is 24.8 Å². The van der Waals surface area contributed by atoms with Gasteiger partial charge in [0.05, 0.1) is 6.10 Å². The van der Waals surface area contributed by atoms with Gasteiger partial charge in [-0.1, -0.05) is 57.9 Å². The maximum absolute atomic E-state index is 10.8. The summed E-state index contributed by atoms with van der Waals surface area (Å²) < 4.78 is 15.8. The zero-order chi connectivity index (χ0) is 18.2. The fourth-order valence-electron chi connectivity index (χ4n) is 2.63. The summed E-state index contributed by atoms with van der Waals surface area (Å²) in [5.74, 6) is 0.976. The third kappa shape index (κ3) is 7.63. The van der Waals surface area contributed by atoms with Crippen LogP contribution in [0.3, 0.4) is 0 Å². The molecular formula is C18H29O5P. The first kappa shape index (κ1) is 20.9. The Kier molecular flexibility index (Phi) is 8.71. The lowest BCUT2D eigenvalue weighted by atomic mass is 9.86. The van der Waals surface area contributed by atoms with E-state index in [-0.39, 0.29) is 12.0 Å².